The molecule has 106 valence electrons. The van der Waals surface area contributed by atoms with Gasteiger partial charge in [0.15, 0.2) is 11.6 Å². The molecule has 21 heavy (non-hydrogen) atoms. The van der Waals surface area contributed by atoms with Gasteiger partial charge >= 0.3 is 0 Å². The Morgan fingerprint density at radius 3 is 2.05 bits per heavy atom. The van der Waals surface area contributed by atoms with Crippen LogP contribution in [0.2, 0.25) is 0 Å². The summed E-state index contributed by atoms with van der Waals surface area (Å²) in [5.74, 6) is -0.775. The summed E-state index contributed by atoms with van der Waals surface area (Å²) >= 11 is 0. The van der Waals surface area contributed by atoms with E-state index >= 15 is 0 Å². The predicted octanol–water partition coefficient (Wildman–Crippen LogP) is 2.24. The number of Topliss-reactive ketones (excluding diaryl/α,β-unsaturated/α-hetero) is 1. The Bertz CT molecular complexity index is 677. The van der Waals surface area contributed by atoms with Gasteiger partial charge in [0.2, 0.25) is 5.91 Å². The standard InChI is InChI=1S/C17H15NO3/c1-12(19)18-11-16(20)14-9-5-6-10-15(14)17(21)13-7-3-2-4-8-13/h2-10H,11H2,1H3,(H,18,19). The molecule has 2 aromatic carbocycles. The van der Waals surface area contributed by atoms with Crippen LogP contribution in [0.3, 0.4) is 0 Å². The van der Waals surface area contributed by atoms with Gasteiger partial charge in [-0.05, 0) is 0 Å². The van der Waals surface area contributed by atoms with Crippen LogP contribution in [-0.4, -0.2) is 24.0 Å². The molecule has 2 aromatic rings. The highest BCUT2D eigenvalue weighted by Crippen LogP contribution is 2.15. The first-order valence-corrected chi connectivity index (χ1v) is 6.56. The zero-order chi connectivity index (χ0) is 15.2. The average molecular weight is 281 g/mol. The Kier molecular flexibility index (Phi) is 4.61. The molecule has 0 aliphatic carbocycles. The third-order valence-corrected chi connectivity index (χ3v) is 3.01. The van der Waals surface area contributed by atoms with E-state index in [0.717, 1.165) is 0 Å². The van der Waals surface area contributed by atoms with Gasteiger partial charge in [0.1, 0.15) is 0 Å². The molecule has 0 bridgehead atoms. The van der Waals surface area contributed by atoms with Crippen LogP contribution in [0, 0.1) is 0 Å². The van der Waals surface area contributed by atoms with E-state index in [9.17, 15) is 14.4 Å². The first kappa shape index (κ1) is 14.7. The van der Waals surface area contributed by atoms with Crippen molar-refractivity contribution in [3.8, 4) is 0 Å². The predicted molar refractivity (Wildman–Crippen MR) is 79.3 cm³/mol. The lowest BCUT2D eigenvalue weighted by Gasteiger charge is -2.08. The fourth-order valence-corrected chi connectivity index (χ4v) is 1.97. The fourth-order valence-electron chi connectivity index (χ4n) is 1.97. The minimum atomic E-state index is -0.287. The Balaban J connectivity index is 2.31. The van der Waals surface area contributed by atoms with Crippen molar-refractivity contribution in [3.05, 3.63) is 71.3 Å². The third kappa shape index (κ3) is 3.63. The molecule has 1 N–H and O–H groups in total. The summed E-state index contributed by atoms with van der Waals surface area (Å²) in [4.78, 5) is 35.5. The number of hydrogen-bond donors (Lipinski definition) is 1. The van der Waals surface area contributed by atoms with Crippen molar-refractivity contribution in [2.75, 3.05) is 6.54 Å². The molecule has 0 unspecified atom stereocenters. The molecule has 0 aromatic heterocycles. The summed E-state index contributed by atoms with van der Waals surface area (Å²) in [6.45, 7) is 1.22. The minimum absolute atomic E-state index is 0.117. The van der Waals surface area contributed by atoms with E-state index in [1.54, 1.807) is 48.5 Å². The number of carbonyl (C=O) groups excluding carboxylic acids is 3. The van der Waals surface area contributed by atoms with E-state index in [2.05, 4.69) is 5.32 Å². The van der Waals surface area contributed by atoms with Crippen LogP contribution in [0.5, 0.6) is 0 Å². The zero-order valence-corrected chi connectivity index (χ0v) is 11.6. The minimum Gasteiger partial charge on any atom is -0.349 e. The Morgan fingerprint density at radius 2 is 1.43 bits per heavy atom. The van der Waals surface area contributed by atoms with Crippen molar-refractivity contribution < 1.29 is 14.4 Å². The molecular weight excluding hydrogens is 266 g/mol. The molecule has 4 nitrogen and oxygen atoms in total. The molecule has 0 aliphatic heterocycles. The topological polar surface area (TPSA) is 63.2 Å². The van der Waals surface area contributed by atoms with Crippen molar-refractivity contribution in [2.45, 2.75) is 6.92 Å². The third-order valence-electron chi connectivity index (χ3n) is 3.01. The normalized spacial score (nSPS) is 9.95. The second-order valence-electron chi connectivity index (χ2n) is 4.57. The van der Waals surface area contributed by atoms with Crippen LogP contribution >= 0.6 is 0 Å². The van der Waals surface area contributed by atoms with E-state index < -0.39 is 0 Å². The van der Waals surface area contributed by atoms with E-state index in [4.69, 9.17) is 0 Å². The van der Waals surface area contributed by atoms with Crippen LogP contribution in [0.25, 0.3) is 0 Å². The lowest BCUT2D eigenvalue weighted by atomic mass is 9.96. The molecule has 0 saturated heterocycles. The summed E-state index contributed by atoms with van der Waals surface area (Å²) < 4.78 is 0. The lowest BCUT2D eigenvalue weighted by molar-refractivity contribution is -0.118. The van der Waals surface area contributed by atoms with Gasteiger partial charge in [-0.15, -0.1) is 0 Å². The number of ketones is 2. The summed E-state index contributed by atoms with van der Waals surface area (Å²) in [5, 5.41) is 2.45. The largest absolute Gasteiger partial charge is 0.349 e. The van der Waals surface area contributed by atoms with Gasteiger partial charge < -0.3 is 5.32 Å². The summed E-state index contributed by atoms with van der Waals surface area (Å²) in [6.07, 6.45) is 0. The highest BCUT2D eigenvalue weighted by atomic mass is 16.2. The molecule has 0 atom stereocenters. The molecule has 0 radical (unpaired) electrons. The Morgan fingerprint density at radius 1 is 0.857 bits per heavy atom. The number of amides is 1. The monoisotopic (exact) mass is 281 g/mol. The van der Waals surface area contributed by atoms with E-state index in [-0.39, 0.29) is 24.0 Å². The van der Waals surface area contributed by atoms with Crippen LogP contribution in [-0.2, 0) is 4.79 Å². The molecular formula is C17H15NO3. The summed E-state index contributed by atoms with van der Waals surface area (Å²) in [6, 6.07) is 15.4. The van der Waals surface area contributed by atoms with Crippen molar-refractivity contribution in [3.63, 3.8) is 0 Å². The second-order valence-corrected chi connectivity index (χ2v) is 4.57. The van der Waals surface area contributed by atoms with Gasteiger partial charge in [-0.3, -0.25) is 14.4 Å². The second kappa shape index (κ2) is 6.61. The van der Waals surface area contributed by atoms with Crippen LogP contribution in [0.1, 0.15) is 33.2 Å². The number of hydrogen-bond acceptors (Lipinski definition) is 3. The summed E-state index contributed by atoms with van der Waals surface area (Å²) in [5.41, 5.74) is 1.19. The Labute approximate surface area is 122 Å². The van der Waals surface area contributed by atoms with Crippen molar-refractivity contribution in [2.24, 2.45) is 0 Å². The highest BCUT2D eigenvalue weighted by molar-refractivity contribution is 6.16. The Hall–Kier alpha value is -2.75. The fraction of sp³-hybridized carbons (Fsp3) is 0.118. The quantitative estimate of drug-likeness (QED) is 0.855. The number of nitrogens with one attached hydrogen (secondary N) is 1. The molecule has 0 heterocycles. The van der Waals surface area contributed by atoms with Gasteiger partial charge in [0, 0.05) is 23.6 Å². The maximum atomic E-state index is 12.5. The first-order valence-electron chi connectivity index (χ1n) is 6.56. The molecule has 2 rings (SSSR count). The van der Waals surface area contributed by atoms with Crippen LogP contribution in [0.4, 0.5) is 0 Å². The smallest absolute Gasteiger partial charge is 0.217 e. The number of benzene rings is 2. The zero-order valence-electron chi connectivity index (χ0n) is 11.6. The maximum Gasteiger partial charge on any atom is 0.217 e. The van der Waals surface area contributed by atoms with Gasteiger partial charge in [-0.1, -0.05) is 54.6 Å². The molecule has 0 saturated carbocycles. The molecule has 0 spiro atoms. The average Bonchev–Trinajstić information content (AvgIpc) is 2.52. The van der Waals surface area contributed by atoms with Crippen LogP contribution in [0.15, 0.2) is 54.6 Å². The summed E-state index contributed by atoms with van der Waals surface area (Å²) in [7, 11) is 0. The SMILES string of the molecule is CC(=O)NCC(=O)c1ccccc1C(=O)c1ccccc1. The van der Waals surface area contributed by atoms with Crippen molar-refractivity contribution in [1.82, 2.24) is 5.32 Å². The number of carbonyl (C=O) groups is 3. The molecule has 1 amide bonds. The van der Waals surface area contributed by atoms with Crippen molar-refractivity contribution in [1.29, 1.82) is 0 Å². The molecule has 0 aliphatic rings. The maximum absolute atomic E-state index is 12.5. The molecule has 0 fully saturated rings. The van der Waals surface area contributed by atoms with Crippen molar-refractivity contribution >= 4 is 17.5 Å². The van der Waals surface area contributed by atoms with Gasteiger partial charge in [0.25, 0.3) is 0 Å². The number of rotatable bonds is 5. The van der Waals surface area contributed by atoms with E-state index in [1.165, 1.54) is 6.92 Å². The lowest BCUT2D eigenvalue weighted by Crippen LogP contribution is -2.28. The first-order chi connectivity index (χ1) is 10.1. The van der Waals surface area contributed by atoms with Gasteiger partial charge in [-0.2, -0.15) is 0 Å². The molecule has 4 heteroatoms. The van der Waals surface area contributed by atoms with Gasteiger partial charge in [0.05, 0.1) is 6.54 Å². The van der Waals surface area contributed by atoms with E-state index in [0.29, 0.717) is 16.7 Å². The highest BCUT2D eigenvalue weighted by Gasteiger charge is 2.17. The van der Waals surface area contributed by atoms with E-state index in [1.807, 2.05) is 6.07 Å². The van der Waals surface area contributed by atoms with Gasteiger partial charge in [-0.25, -0.2) is 0 Å². The van der Waals surface area contributed by atoms with Crippen LogP contribution < -0.4 is 5.32 Å².